The number of amides is 1. The minimum Gasteiger partial charge on any atom is -0.494 e. The van der Waals surface area contributed by atoms with Crippen LogP contribution in [0.15, 0.2) is 117 Å². The van der Waals surface area contributed by atoms with Crippen molar-refractivity contribution in [2.24, 2.45) is 4.99 Å². The molecule has 7 nitrogen and oxygen atoms in total. The summed E-state index contributed by atoms with van der Waals surface area (Å²) in [5.41, 5.74) is 3.48. The highest BCUT2D eigenvalue weighted by molar-refractivity contribution is 14.1. The Labute approximate surface area is 296 Å². The molecule has 1 aliphatic rings. The second-order valence-electron chi connectivity index (χ2n) is 10.6. The monoisotopic (exact) mass is 823 g/mol. The highest BCUT2D eigenvalue weighted by atomic mass is 127. The first-order valence-corrected chi connectivity index (χ1v) is 17.4. The molecule has 1 amide bonds. The third-order valence-electron chi connectivity index (χ3n) is 7.42. The highest BCUT2D eigenvalue weighted by Gasteiger charge is 2.32. The number of aromatic nitrogens is 1. The summed E-state index contributed by atoms with van der Waals surface area (Å²) >= 11 is 7.01. The van der Waals surface area contributed by atoms with Crippen LogP contribution in [0.25, 0.3) is 6.08 Å². The molecule has 47 heavy (non-hydrogen) atoms. The summed E-state index contributed by atoms with van der Waals surface area (Å²) in [5, 5.41) is 2.98. The number of anilines is 1. The number of ether oxygens (including phenoxy) is 2. The standard InChI is InChI=1S/C36H28BrFIN3O4S/c1-3-45-28-15-11-23(12-16-28)32-31(34(43)41-27-7-5-4-6-8-27)21(2)40-36-42(32)35(44)30(47-36)18-24-17-25(37)19-29(39)33(24)46-20-22-9-13-26(38)14-10-22/h4-19,32H,3,20H2,1-2H3,(H,41,43)/b30-18-/t32-/m1/s1. The van der Waals surface area contributed by atoms with Crippen LogP contribution in [-0.2, 0) is 11.4 Å². The average molecular weight is 825 g/mol. The number of hydrogen-bond acceptors (Lipinski definition) is 6. The number of nitrogens with one attached hydrogen (secondary N) is 1. The Balaban J connectivity index is 1.45. The highest BCUT2D eigenvalue weighted by Crippen LogP contribution is 2.33. The Morgan fingerprint density at radius 2 is 1.79 bits per heavy atom. The predicted octanol–water partition coefficient (Wildman–Crippen LogP) is 7.36. The number of hydrogen-bond donors (Lipinski definition) is 1. The topological polar surface area (TPSA) is 81.9 Å². The van der Waals surface area contributed by atoms with Crippen molar-refractivity contribution in [1.82, 2.24) is 4.57 Å². The molecule has 1 atom stereocenters. The van der Waals surface area contributed by atoms with E-state index in [4.69, 9.17) is 14.5 Å². The van der Waals surface area contributed by atoms with E-state index in [2.05, 4.69) is 43.8 Å². The van der Waals surface area contributed by atoms with E-state index < -0.39 is 6.04 Å². The molecule has 0 fully saturated rings. The van der Waals surface area contributed by atoms with Gasteiger partial charge in [0.15, 0.2) is 4.80 Å². The van der Waals surface area contributed by atoms with Crippen molar-refractivity contribution in [3.05, 3.63) is 153 Å². The lowest BCUT2D eigenvalue weighted by molar-refractivity contribution is -0.113. The van der Waals surface area contributed by atoms with Crippen molar-refractivity contribution in [3.8, 4) is 11.5 Å². The SMILES string of the molecule is CCOc1ccc([C@@H]2C(C(=O)Nc3ccccc3)=C(C)N=c3s/c(=C\c4cc(Br)cc(I)c4OCc4ccc(F)cc4)c(=O)n32)cc1. The van der Waals surface area contributed by atoms with Crippen LogP contribution < -0.4 is 29.7 Å². The van der Waals surface area contributed by atoms with Gasteiger partial charge in [0.05, 0.1) is 32.0 Å². The minimum atomic E-state index is -0.732. The van der Waals surface area contributed by atoms with Gasteiger partial charge in [0.25, 0.3) is 11.5 Å². The summed E-state index contributed by atoms with van der Waals surface area (Å²) < 4.78 is 29.0. The predicted molar refractivity (Wildman–Crippen MR) is 194 cm³/mol. The maximum Gasteiger partial charge on any atom is 0.271 e. The molecular weight excluding hydrogens is 796 g/mol. The smallest absolute Gasteiger partial charge is 0.271 e. The van der Waals surface area contributed by atoms with Gasteiger partial charge >= 0.3 is 0 Å². The van der Waals surface area contributed by atoms with E-state index in [1.165, 1.54) is 23.5 Å². The zero-order valence-electron chi connectivity index (χ0n) is 25.3. The van der Waals surface area contributed by atoms with Gasteiger partial charge < -0.3 is 14.8 Å². The van der Waals surface area contributed by atoms with Gasteiger partial charge in [-0.3, -0.25) is 14.2 Å². The van der Waals surface area contributed by atoms with Crippen LogP contribution in [0.1, 0.15) is 36.6 Å². The maximum absolute atomic E-state index is 14.3. The van der Waals surface area contributed by atoms with Gasteiger partial charge in [-0.05, 0) is 102 Å². The van der Waals surface area contributed by atoms with Crippen LogP contribution in [0, 0.1) is 9.39 Å². The van der Waals surface area contributed by atoms with Crippen LogP contribution in [0.3, 0.4) is 0 Å². The van der Waals surface area contributed by atoms with Crippen molar-refractivity contribution in [3.63, 3.8) is 0 Å². The number of carbonyl (C=O) groups is 1. The Bertz CT molecular complexity index is 2170. The molecule has 0 spiro atoms. The van der Waals surface area contributed by atoms with Gasteiger partial charge in [0.1, 0.15) is 23.9 Å². The molecule has 1 aromatic heterocycles. The number of allylic oxidation sites excluding steroid dienone is 1. The molecule has 5 aromatic rings. The fourth-order valence-electron chi connectivity index (χ4n) is 5.28. The summed E-state index contributed by atoms with van der Waals surface area (Å²) in [7, 11) is 0. The molecule has 1 aliphatic heterocycles. The number of nitrogens with zero attached hydrogens (tertiary/aromatic N) is 2. The van der Waals surface area contributed by atoms with E-state index >= 15 is 0 Å². The normalized spacial score (nSPS) is 14.4. The third-order valence-corrected chi connectivity index (χ3v) is 9.67. The van der Waals surface area contributed by atoms with E-state index in [-0.39, 0.29) is 23.9 Å². The molecule has 2 heterocycles. The number of fused-ring (bicyclic) bond motifs is 1. The first kappa shape index (κ1) is 32.9. The van der Waals surface area contributed by atoms with E-state index in [9.17, 15) is 14.0 Å². The lowest BCUT2D eigenvalue weighted by Crippen LogP contribution is -2.40. The zero-order valence-corrected chi connectivity index (χ0v) is 29.9. The first-order chi connectivity index (χ1) is 22.7. The fraction of sp³-hybridized carbons (Fsp3) is 0.139. The van der Waals surface area contributed by atoms with Crippen molar-refractivity contribution < 1.29 is 18.7 Å². The van der Waals surface area contributed by atoms with Crippen molar-refractivity contribution in [1.29, 1.82) is 0 Å². The molecule has 0 aliphatic carbocycles. The number of carbonyl (C=O) groups excluding carboxylic acids is 1. The number of thiazole rings is 1. The summed E-state index contributed by atoms with van der Waals surface area (Å²) in [6.45, 7) is 4.44. The van der Waals surface area contributed by atoms with Crippen LogP contribution in [0.4, 0.5) is 10.1 Å². The van der Waals surface area contributed by atoms with E-state index in [0.29, 0.717) is 50.0 Å². The summed E-state index contributed by atoms with van der Waals surface area (Å²) in [6.07, 6.45) is 1.79. The van der Waals surface area contributed by atoms with Crippen LogP contribution in [0.2, 0.25) is 0 Å². The van der Waals surface area contributed by atoms with Gasteiger partial charge in [-0.15, -0.1) is 0 Å². The minimum absolute atomic E-state index is 0.219. The van der Waals surface area contributed by atoms with Gasteiger partial charge in [0, 0.05) is 15.7 Å². The van der Waals surface area contributed by atoms with Crippen molar-refractivity contribution in [2.45, 2.75) is 26.5 Å². The summed E-state index contributed by atoms with van der Waals surface area (Å²) in [4.78, 5) is 33.4. The molecule has 11 heteroatoms. The van der Waals surface area contributed by atoms with E-state index in [1.807, 2.05) is 73.7 Å². The lowest BCUT2D eigenvalue weighted by atomic mass is 9.95. The van der Waals surface area contributed by atoms with Gasteiger partial charge in [-0.1, -0.05) is 69.7 Å². The van der Waals surface area contributed by atoms with Gasteiger partial charge in [-0.2, -0.15) is 0 Å². The van der Waals surface area contributed by atoms with Crippen LogP contribution in [0.5, 0.6) is 11.5 Å². The lowest BCUT2D eigenvalue weighted by Gasteiger charge is -2.25. The molecule has 0 saturated carbocycles. The van der Waals surface area contributed by atoms with Crippen LogP contribution in [-0.4, -0.2) is 17.1 Å². The Hall–Kier alpha value is -4.07. The van der Waals surface area contributed by atoms with Crippen LogP contribution >= 0.6 is 49.9 Å². The Morgan fingerprint density at radius 3 is 2.49 bits per heavy atom. The number of para-hydroxylation sites is 1. The van der Waals surface area contributed by atoms with Crippen molar-refractivity contribution in [2.75, 3.05) is 11.9 Å². The van der Waals surface area contributed by atoms with Gasteiger partial charge in [0.2, 0.25) is 0 Å². The zero-order chi connectivity index (χ0) is 33.1. The molecule has 6 rings (SSSR count). The maximum atomic E-state index is 14.3. The second kappa shape index (κ2) is 14.4. The number of benzene rings is 4. The van der Waals surface area contributed by atoms with Gasteiger partial charge in [-0.25, -0.2) is 9.38 Å². The molecule has 1 N–H and O–H groups in total. The number of rotatable bonds is 9. The molecule has 0 unspecified atom stereocenters. The molecule has 0 radical (unpaired) electrons. The largest absolute Gasteiger partial charge is 0.494 e. The molecular formula is C36H28BrFIN3O4S. The second-order valence-corrected chi connectivity index (χ2v) is 13.7. The molecule has 0 saturated heterocycles. The molecule has 238 valence electrons. The summed E-state index contributed by atoms with van der Waals surface area (Å²) in [6, 6.07) is 25.8. The first-order valence-electron chi connectivity index (χ1n) is 14.7. The Morgan fingerprint density at radius 1 is 1.06 bits per heavy atom. The van der Waals surface area contributed by atoms with E-state index in [1.54, 1.807) is 29.7 Å². The average Bonchev–Trinajstić information content (AvgIpc) is 3.35. The Kier molecular flexibility index (Phi) is 10.0. The molecule has 4 aromatic carbocycles. The molecule has 0 bridgehead atoms. The fourth-order valence-corrected chi connectivity index (χ4v) is 8.02. The third kappa shape index (κ3) is 7.26. The number of halogens is 3. The van der Waals surface area contributed by atoms with E-state index in [0.717, 1.165) is 19.2 Å². The van der Waals surface area contributed by atoms with Crippen molar-refractivity contribution >= 4 is 67.5 Å². The summed E-state index contributed by atoms with van der Waals surface area (Å²) in [5.74, 6) is 0.620. The quantitative estimate of drug-likeness (QED) is 0.158.